The van der Waals surface area contributed by atoms with Crippen LogP contribution < -0.4 is 9.64 Å². The molecule has 2 heterocycles. The van der Waals surface area contributed by atoms with E-state index in [2.05, 4.69) is 166 Å². The van der Waals surface area contributed by atoms with E-state index < -0.39 is 0 Å². The van der Waals surface area contributed by atoms with Gasteiger partial charge < -0.3 is 18.8 Å². The Balaban J connectivity index is 1.18. The number of anilines is 3. The maximum absolute atomic E-state index is 11.5. The van der Waals surface area contributed by atoms with Gasteiger partial charge in [0.25, 0.3) is 0 Å². The lowest BCUT2D eigenvalue weighted by atomic mass is 10.0. The molecule has 0 N–H and O–H groups in total. The normalized spacial score (nSPS) is 11.4. The average molecular weight is 710 g/mol. The molecule has 5 nitrogen and oxygen atoms in total. The van der Waals surface area contributed by atoms with Crippen LogP contribution in [0.5, 0.6) is 5.75 Å². The fourth-order valence-corrected chi connectivity index (χ4v) is 8.07. The summed E-state index contributed by atoms with van der Waals surface area (Å²) in [4.78, 5) is 13.8. The van der Waals surface area contributed by atoms with Crippen molar-refractivity contribution in [2.24, 2.45) is 0 Å². The number of fused-ring (bicyclic) bond motifs is 6. The predicted octanol–water partition coefficient (Wildman–Crippen LogP) is 12.8. The summed E-state index contributed by atoms with van der Waals surface area (Å²) < 4.78 is 10.1. The number of benzene rings is 8. The standard InChI is InChI=1S/C50H35N3O2/c1-55-42-27-23-39(24-28-42)53-48-14-8-6-12-44(48)46-32-41(26-30-50(46)53)51(37-21-17-36(18-22-37)35-9-3-2-4-10-35)40-25-29-49-45(31-40)43-11-5-7-13-47(43)52(49)38-19-15-34(33-54)16-20-38/h2-33H,1H3. The summed E-state index contributed by atoms with van der Waals surface area (Å²) in [6.07, 6.45) is 0.886. The van der Waals surface area contributed by atoms with Gasteiger partial charge in [0.2, 0.25) is 0 Å². The maximum atomic E-state index is 11.5. The van der Waals surface area contributed by atoms with Gasteiger partial charge >= 0.3 is 0 Å². The molecule has 0 spiro atoms. The molecule has 0 fully saturated rings. The number of hydrogen-bond donors (Lipinski definition) is 0. The number of aromatic nitrogens is 2. The van der Waals surface area contributed by atoms with E-state index in [4.69, 9.17) is 4.74 Å². The summed E-state index contributed by atoms with van der Waals surface area (Å²) in [7, 11) is 1.70. The molecule has 0 saturated carbocycles. The van der Waals surface area contributed by atoms with Crippen LogP contribution in [0.3, 0.4) is 0 Å². The van der Waals surface area contributed by atoms with E-state index in [0.29, 0.717) is 5.56 Å². The molecule has 10 aromatic rings. The summed E-state index contributed by atoms with van der Waals surface area (Å²) in [5.41, 5.74) is 12.8. The summed E-state index contributed by atoms with van der Waals surface area (Å²) in [6.45, 7) is 0. The van der Waals surface area contributed by atoms with Crippen molar-refractivity contribution in [3.05, 3.63) is 194 Å². The van der Waals surface area contributed by atoms with Crippen LogP contribution in [0.15, 0.2) is 188 Å². The predicted molar refractivity (Wildman–Crippen MR) is 227 cm³/mol. The largest absolute Gasteiger partial charge is 0.497 e. The van der Waals surface area contributed by atoms with Gasteiger partial charge in [0.1, 0.15) is 12.0 Å². The van der Waals surface area contributed by atoms with E-state index in [1.165, 1.54) is 21.9 Å². The van der Waals surface area contributed by atoms with E-state index >= 15 is 0 Å². The van der Waals surface area contributed by atoms with Crippen LogP contribution in [0, 0.1) is 0 Å². The molecule has 8 aromatic carbocycles. The Morgan fingerprint density at radius 3 is 1.42 bits per heavy atom. The number of rotatable bonds is 8. The van der Waals surface area contributed by atoms with Gasteiger partial charge in [-0.1, -0.05) is 78.9 Å². The van der Waals surface area contributed by atoms with Gasteiger partial charge in [0.05, 0.1) is 29.2 Å². The molecule has 0 aliphatic carbocycles. The van der Waals surface area contributed by atoms with Crippen molar-refractivity contribution in [1.29, 1.82) is 0 Å². The highest BCUT2D eigenvalue weighted by atomic mass is 16.5. The van der Waals surface area contributed by atoms with Crippen molar-refractivity contribution in [2.75, 3.05) is 12.0 Å². The molecular formula is C50H35N3O2. The number of carbonyl (C=O) groups is 1. The molecule has 10 rings (SSSR count). The molecule has 0 aliphatic heterocycles. The molecule has 0 amide bonds. The number of carbonyl (C=O) groups excluding carboxylic acids is 1. The molecule has 55 heavy (non-hydrogen) atoms. The summed E-state index contributed by atoms with van der Waals surface area (Å²) >= 11 is 0. The number of ether oxygens (including phenoxy) is 1. The molecule has 0 radical (unpaired) electrons. The van der Waals surface area contributed by atoms with Crippen molar-refractivity contribution >= 4 is 67.0 Å². The molecule has 2 aromatic heterocycles. The Morgan fingerprint density at radius 2 is 0.891 bits per heavy atom. The topological polar surface area (TPSA) is 39.4 Å². The van der Waals surface area contributed by atoms with Crippen LogP contribution in [0.25, 0.3) is 66.1 Å². The third-order valence-corrected chi connectivity index (χ3v) is 10.7. The second-order valence-electron chi connectivity index (χ2n) is 13.8. The van der Waals surface area contributed by atoms with Crippen molar-refractivity contribution in [1.82, 2.24) is 9.13 Å². The Hall–Kier alpha value is -7.37. The number of nitrogens with zero attached hydrogens (tertiary/aromatic N) is 3. The Kier molecular flexibility index (Phi) is 7.77. The first-order valence-corrected chi connectivity index (χ1v) is 18.4. The van der Waals surface area contributed by atoms with Gasteiger partial charge in [-0.3, -0.25) is 4.79 Å². The highest BCUT2D eigenvalue weighted by Gasteiger charge is 2.20. The number of methoxy groups -OCH3 is 1. The molecule has 0 saturated heterocycles. The van der Waals surface area contributed by atoms with Crippen LogP contribution in [-0.4, -0.2) is 22.5 Å². The van der Waals surface area contributed by atoms with Crippen LogP contribution in [-0.2, 0) is 0 Å². The molecule has 0 bridgehead atoms. The lowest BCUT2D eigenvalue weighted by Crippen LogP contribution is -2.10. The quantitative estimate of drug-likeness (QED) is 0.147. The average Bonchev–Trinajstić information content (AvgIpc) is 3.77. The zero-order chi connectivity index (χ0) is 36.9. The van der Waals surface area contributed by atoms with Crippen molar-refractivity contribution < 1.29 is 9.53 Å². The Bertz CT molecular complexity index is 3010. The highest BCUT2D eigenvalue weighted by Crippen LogP contribution is 2.42. The summed E-state index contributed by atoms with van der Waals surface area (Å²) in [5, 5.41) is 4.67. The van der Waals surface area contributed by atoms with Gasteiger partial charge in [-0.2, -0.15) is 0 Å². The zero-order valence-corrected chi connectivity index (χ0v) is 30.1. The first-order valence-electron chi connectivity index (χ1n) is 18.4. The highest BCUT2D eigenvalue weighted by molar-refractivity contribution is 6.12. The van der Waals surface area contributed by atoms with Crippen molar-refractivity contribution in [2.45, 2.75) is 0 Å². The van der Waals surface area contributed by atoms with Gasteiger partial charge in [-0.25, -0.2) is 0 Å². The van der Waals surface area contributed by atoms with Gasteiger partial charge in [-0.05, 0) is 120 Å². The van der Waals surface area contributed by atoms with Crippen molar-refractivity contribution in [3.63, 3.8) is 0 Å². The first-order chi connectivity index (χ1) is 27.2. The van der Waals surface area contributed by atoms with Gasteiger partial charge in [-0.15, -0.1) is 0 Å². The lowest BCUT2D eigenvalue weighted by Gasteiger charge is -2.26. The van der Waals surface area contributed by atoms with E-state index in [1.54, 1.807) is 7.11 Å². The molecule has 0 aliphatic rings. The van der Waals surface area contributed by atoms with Crippen LogP contribution in [0.1, 0.15) is 10.4 Å². The fraction of sp³-hybridized carbons (Fsp3) is 0.0200. The van der Waals surface area contributed by atoms with Gasteiger partial charge in [0.15, 0.2) is 0 Å². The molecule has 262 valence electrons. The SMILES string of the molecule is COc1ccc(-n2c3ccccc3c3cc(N(c4ccc(-c5ccccc5)cc4)c4ccc5c(c4)c4ccccc4n5-c4ccc(C=O)cc4)ccc32)cc1. The smallest absolute Gasteiger partial charge is 0.150 e. The number of para-hydroxylation sites is 2. The molecule has 5 heteroatoms. The van der Waals surface area contributed by atoms with Gasteiger partial charge in [0, 0.05) is 55.5 Å². The van der Waals surface area contributed by atoms with Crippen LogP contribution in [0.2, 0.25) is 0 Å². The molecular weight excluding hydrogens is 675 g/mol. The first kappa shape index (κ1) is 32.3. The minimum Gasteiger partial charge on any atom is -0.497 e. The second kappa shape index (κ2) is 13.2. The minimum absolute atomic E-state index is 0.657. The third-order valence-electron chi connectivity index (χ3n) is 10.7. The maximum Gasteiger partial charge on any atom is 0.150 e. The lowest BCUT2D eigenvalue weighted by molar-refractivity contribution is 0.112. The summed E-state index contributed by atoms with van der Waals surface area (Å²) in [5.74, 6) is 0.830. The van der Waals surface area contributed by atoms with E-state index in [1.807, 2.05) is 36.4 Å². The van der Waals surface area contributed by atoms with Crippen LogP contribution >= 0.6 is 0 Å². The third kappa shape index (κ3) is 5.44. The Labute approximate surface area is 318 Å². The zero-order valence-electron chi connectivity index (χ0n) is 30.1. The van der Waals surface area contributed by atoms with E-state index in [0.717, 1.165) is 73.3 Å². The summed E-state index contributed by atoms with van der Waals surface area (Å²) in [6, 6.07) is 66.1. The fourth-order valence-electron chi connectivity index (χ4n) is 8.07. The van der Waals surface area contributed by atoms with E-state index in [9.17, 15) is 4.79 Å². The molecule has 0 unspecified atom stereocenters. The number of hydrogen-bond acceptors (Lipinski definition) is 3. The monoisotopic (exact) mass is 709 g/mol. The number of aldehydes is 1. The second-order valence-corrected chi connectivity index (χ2v) is 13.8. The Morgan fingerprint density at radius 1 is 0.436 bits per heavy atom. The molecule has 0 atom stereocenters. The minimum atomic E-state index is 0.657. The van der Waals surface area contributed by atoms with E-state index in [-0.39, 0.29) is 0 Å². The van der Waals surface area contributed by atoms with Crippen LogP contribution in [0.4, 0.5) is 17.1 Å². The van der Waals surface area contributed by atoms with Crippen molar-refractivity contribution in [3.8, 4) is 28.3 Å².